The van der Waals surface area contributed by atoms with Gasteiger partial charge in [0.25, 0.3) is 0 Å². The summed E-state index contributed by atoms with van der Waals surface area (Å²) in [5.74, 6) is -0.0220. The number of nitrogens with two attached hydrogens (primary N) is 1. The van der Waals surface area contributed by atoms with Crippen molar-refractivity contribution in [1.29, 1.82) is 0 Å². The monoisotopic (exact) mass is 307 g/mol. The number of hydrogen-bond donors (Lipinski definition) is 1. The van der Waals surface area contributed by atoms with Crippen LogP contribution in [0, 0.1) is 13.8 Å². The summed E-state index contributed by atoms with van der Waals surface area (Å²) in [5.41, 5.74) is 9.71. The molecular formula is C16H15Cl2NO. The molecule has 0 radical (unpaired) electrons. The number of halogens is 2. The highest BCUT2D eigenvalue weighted by atomic mass is 35.5. The van der Waals surface area contributed by atoms with E-state index in [1.165, 1.54) is 0 Å². The van der Waals surface area contributed by atoms with Crippen LogP contribution in [0.3, 0.4) is 0 Å². The van der Waals surface area contributed by atoms with Crippen molar-refractivity contribution in [1.82, 2.24) is 0 Å². The molecule has 4 heteroatoms. The van der Waals surface area contributed by atoms with Crippen molar-refractivity contribution in [2.75, 3.05) is 5.73 Å². The number of anilines is 1. The minimum absolute atomic E-state index is 0.0220. The van der Waals surface area contributed by atoms with Crippen molar-refractivity contribution in [2.24, 2.45) is 0 Å². The summed E-state index contributed by atoms with van der Waals surface area (Å²) in [4.78, 5) is 12.4. The molecule has 0 atom stereocenters. The van der Waals surface area contributed by atoms with Crippen molar-refractivity contribution in [3.63, 3.8) is 0 Å². The Labute approximate surface area is 128 Å². The smallest absolute Gasteiger partial charge is 0.167 e. The van der Waals surface area contributed by atoms with Crippen molar-refractivity contribution in [3.05, 3.63) is 62.6 Å². The summed E-state index contributed by atoms with van der Waals surface area (Å²) >= 11 is 11.9. The van der Waals surface area contributed by atoms with E-state index in [0.717, 1.165) is 16.7 Å². The lowest BCUT2D eigenvalue weighted by Crippen LogP contribution is -2.07. The summed E-state index contributed by atoms with van der Waals surface area (Å²) in [6.07, 6.45) is 0.328. The van der Waals surface area contributed by atoms with Gasteiger partial charge in [-0.25, -0.2) is 0 Å². The zero-order chi connectivity index (χ0) is 14.9. The van der Waals surface area contributed by atoms with E-state index in [0.29, 0.717) is 27.7 Å². The third-order valence-corrected chi connectivity index (χ3v) is 4.01. The normalized spacial score (nSPS) is 10.6. The van der Waals surface area contributed by atoms with Gasteiger partial charge in [0.05, 0.1) is 15.7 Å². The Balaban J connectivity index is 2.34. The van der Waals surface area contributed by atoms with E-state index < -0.39 is 0 Å². The first-order valence-corrected chi connectivity index (χ1v) is 6.98. The van der Waals surface area contributed by atoms with Gasteiger partial charge in [0.15, 0.2) is 5.78 Å². The quantitative estimate of drug-likeness (QED) is 0.664. The molecule has 0 fully saturated rings. The molecule has 0 heterocycles. The van der Waals surface area contributed by atoms with Gasteiger partial charge in [-0.05, 0) is 42.7 Å². The fraction of sp³-hybridized carbons (Fsp3) is 0.188. The molecule has 0 aromatic heterocycles. The van der Waals surface area contributed by atoms with Gasteiger partial charge in [-0.3, -0.25) is 4.79 Å². The maximum Gasteiger partial charge on any atom is 0.167 e. The number of benzene rings is 2. The molecule has 0 aliphatic carbocycles. The first-order chi connectivity index (χ1) is 9.40. The van der Waals surface area contributed by atoms with Gasteiger partial charge < -0.3 is 5.73 Å². The number of Topliss-reactive ketones (excluding diaryl/α,β-unsaturated/α-hetero) is 1. The molecule has 2 N–H and O–H groups in total. The van der Waals surface area contributed by atoms with Gasteiger partial charge in [-0.15, -0.1) is 0 Å². The van der Waals surface area contributed by atoms with Crippen LogP contribution in [0.25, 0.3) is 0 Å². The van der Waals surface area contributed by atoms with E-state index in [1.807, 2.05) is 32.0 Å². The highest BCUT2D eigenvalue weighted by Crippen LogP contribution is 2.29. The van der Waals surface area contributed by atoms with Crippen molar-refractivity contribution < 1.29 is 4.79 Å². The third kappa shape index (κ3) is 2.97. The molecule has 2 rings (SSSR count). The van der Waals surface area contributed by atoms with Crippen LogP contribution < -0.4 is 5.73 Å². The maximum atomic E-state index is 12.4. The summed E-state index contributed by atoms with van der Waals surface area (Å²) in [6.45, 7) is 4.00. The summed E-state index contributed by atoms with van der Waals surface area (Å²) in [6, 6.07) is 9.12. The van der Waals surface area contributed by atoms with Gasteiger partial charge >= 0.3 is 0 Å². The number of carbonyl (C=O) groups is 1. The average molecular weight is 308 g/mol. The van der Waals surface area contributed by atoms with E-state index >= 15 is 0 Å². The minimum atomic E-state index is -0.0220. The Morgan fingerprint density at radius 3 is 2.10 bits per heavy atom. The van der Waals surface area contributed by atoms with Gasteiger partial charge in [-0.1, -0.05) is 41.4 Å². The van der Waals surface area contributed by atoms with Gasteiger partial charge in [0, 0.05) is 12.0 Å². The van der Waals surface area contributed by atoms with Crippen molar-refractivity contribution in [3.8, 4) is 0 Å². The summed E-state index contributed by atoms with van der Waals surface area (Å²) in [5, 5.41) is 0.615. The van der Waals surface area contributed by atoms with Crippen LogP contribution >= 0.6 is 23.2 Å². The third-order valence-electron chi connectivity index (χ3n) is 3.38. The SMILES string of the molecule is Cc1cccc(C)c1CC(=O)c1cc(Cl)c(N)c(Cl)c1. The van der Waals surface area contributed by atoms with Crippen molar-refractivity contribution in [2.45, 2.75) is 20.3 Å². The Morgan fingerprint density at radius 2 is 1.60 bits per heavy atom. The Morgan fingerprint density at radius 1 is 1.10 bits per heavy atom. The van der Waals surface area contributed by atoms with Gasteiger partial charge in [0.2, 0.25) is 0 Å². The van der Waals surface area contributed by atoms with Gasteiger partial charge in [-0.2, -0.15) is 0 Å². The lowest BCUT2D eigenvalue weighted by Gasteiger charge is -2.10. The average Bonchev–Trinajstić information content (AvgIpc) is 2.39. The zero-order valence-electron chi connectivity index (χ0n) is 11.3. The molecule has 20 heavy (non-hydrogen) atoms. The topological polar surface area (TPSA) is 43.1 Å². The molecule has 0 aliphatic rings. The van der Waals surface area contributed by atoms with E-state index in [2.05, 4.69) is 0 Å². The summed E-state index contributed by atoms with van der Waals surface area (Å²) < 4.78 is 0. The number of rotatable bonds is 3. The minimum Gasteiger partial charge on any atom is -0.396 e. The molecule has 0 bridgehead atoms. The standard InChI is InChI=1S/C16H15Cl2NO/c1-9-4-3-5-10(2)12(9)8-15(20)11-6-13(17)16(19)14(18)7-11/h3-7H,8,19H2,1-2H3. The number of carbonyl (C=O) groups excluding carboxylic acids is 1. The van der Waals surface area contributed by atoms with Crippen LogP contribution in [0.5, 0.6) is 0 Å². The second kappa shape index (κ2) is 5.86. The molecule has 0 amide bonds. The predicted molar refractivity (Wildman–Crippen MR) is 84.8 cm³/mol. The molecule has 0 aliphatic heterocycles. The second-order valence-corrected chi connectivity index (χ2v) is 5.64. The molecule has 2 aromatic carbocycles. The molecule has 0 saturated heterocycles. The number of ketones is 1. The largest absolute Gasteiger partial charge is 0.396 e. The maximum absolute atomic E-state index is 12.4. The van der Waals surface area contributed by atoms with Crippen LogP contribution in [-0.4, -0.2) is 5.78 Å². The second-order valence-electron chi connectivity index (χ2n) is 4.82. The Hall–Kier alpha value is -1.51. The lowest BCUT2D eigenvalue weighted by molar-refractivity contribution is 0.0992. The van der Waals surface area contributed by atoms with E-state index in [9.17, 15) is 4.79 Å². The molecule has 0 spiro atoms. The molecule has 0 saturated carbocycles. The fourth-order valence-corrected chi connectivity index (χ4v) is 2.62. The molecule has 2 aromatic rings. The fourth-order valence-electron chi connectivity index (χ4n) is 2.14. The molecule has 0 unspecified atom stereocenters. The zero-order valence-corrected chi connectivity index (χ0v) is 12.8. The van der Waals surface area contributed by atoms with Gasteiger partial charge in [0.1, 0.15) is 0 Å². The van der Waals surface area contributed by atoms with E-state index in [-0.39, 0.29) is 5.78 Å². The Kier molecular flexibility index (Phi) is 4.36. The highest BCUT2D eigenvalue weighted by Gasteiger charge is 2.14. The van der Waals surface area contributed by atoms with Crippen LogP contribution in [0.2, 0.25) is 10.0 Å². The molecular weight excluding hydrogens is 293 g/mol. The number of hydrogen-bond acceptors (Lipinski definition) is 2. The molecule has 104 valence electrons. The van der Waals surface area contributed by atoms with Crippen LogP contribution in [0.4, 0.5) is 5.69 Å². The first-order valence-electron chi connectivity index (χ1n) is 6.23. The van der Waals surface area contributed by atoms with E-state index in [4.69, 9.17) is 28.9 Å². The number of aryl methyl sites for hydroxylation is 2. The molecule has 2 nitrogen and oxygen atoms in total. The highest BCUT2D eigenvalue weighted by molar-refractivity contribution is 6.39. The predicted octanol–water partition coefficient (Wildman–Crippen LogP) is 4.62. The van der Waals surface area contributed by atoms with Crippen LogP contribution in [0.15, 0.2) is 30.3 Å². The van der Waals surface area contributed by atoms with Crippen LogP contribution in [0.1, 0.15) is 27.0 Å². The lowest BCUT2D eigenvalue weighted by atomic mass is 9.95. The summed E-state index contributed by atoms with van der Waals surface area (Å²) in [7, 11) is 0. The first kappa shape index (κ1) is 14.9. The van der Waals surface area contributed by atoms with Crippen molar-refractivity contribution >= 4 is 34.7 Å². The Bertz CT molecular complexity index is 637. The number of nitrogen functional groups attached to an aromatic ring is 1. The van der Waals surface area contributed by atoms with E-state index in [1.54, 1.807) is 12.1 Å². The van der Waals surface area contributed by atoms with Crippen LogP contribution in [-0.2, 0) is 6.42 Å².